The standard InChI is InChI=1S/C29H35F2N3O/c1-19-32-17-21-16-29(11-10-27(21)34-19,23-7-5-6-22(14-23)28(2,3)4)33-18-26(35)9-8-20-12-24(30)15-25(31)13-20/h5-7,12-15,17,26,33,35H,8-11,16,18H2,1-4H3. The molecule has 0 amide bonds. The van der Waals surface area contributed by atoms with Crippen LogP contribution in [0.5, 0.6) is 0 Å². The molecular weight excluding hydrogens is 444 g/mol. The molecule has 1 aliphatic rings. The highest BCUT2D eigenvalue weighted by Crippen LogP contribution is 2.37. The maximum atomic E-state index is 13.5. The van der Waals surface area contributed by atoms with E-state index >= 15 is 0 Å². The van der Waals surface area contributed by atoms with Crippen molar-refractivity contribution in [2.75, 3.05) is 6.54 Å². The summed E-state index contributed by atoms with van der Waals surface area (Å²) in [5.41, 5.74) is 4.87. The number of fused-ring (bicyclic) bond motifs is 1. The molecule has 0 radical (unpaired) electrons. The Kier molecular flexibility index (Phi) is 7.34. The predicted octanol–water partition coefficient (Wildman–Crippen LogP) is 5.33. The molecule has 0 spiro atoms. The van der Waals surface area contributed by atoms with E-state index in [0.29, 0.717) is 24.9 Å². The smallest absolute Gasteiger partial charge is 0.126 e. The number of hydrogen-bond donors (Lipinski definition) is 2. The SMILES string of the molecule is Cc1ncc2c(n1)CCC(NCC(O)CCc1cc(F)cc(F)c1)(c1cccc(C(C)(C)C)c1)C2. The van der Waals surface area contributed by atoms with Gasteiger partial charge in [-0.25, -0.2) is 18.7 Å². The largest absolute Gasteiger partial charge is 0.392 e. The van der Waals surface area contributed by atoms with Crippen LogP contribution in [0.3, 0.4) is 0 Å². The quantitative estimate of drug-likeness (QED) is 0.481. The Labute approximate surface area is 206 Å². The Bertz CT molecular complexity index is 1170. The summed E-state index contributed by atoms with van der Waals surface area (Å²) in [6.45, 7) is 8.90. The van der Waals surface area contributed by atoms with Crippen molar-refractivity contribution < 1.29 is 13.9 Å². The number of aromatic nitrogens is 2. The van der Waals surface area contributed by atoms with Gasteiger partial charge in [-0.2, -0.15) is 0 Å². The van der Waals surface area contributed by atoms with Crippen LogP contribution in [0.15, 0.2) is 48.7 Å². The van der Waals surface area contributed by atoms with Crippen LogP contribution in [0.25, 0.3) is 0 Å². The highest BCUT2D eigenvalue weighted by atomic mass is 19.1. The molecule has 35 heavy (non-hydrogen) atoms. The average Bonchev–Trinajstić information content (AvgIpc) is 2.80. The maximum absolute atomic E-state index is 13.5. The molecule has 4 nitrogen and oxygen atoms in total. The van der Waals surface area contributed by atoms with Gasteiger partial charge in [0.25, 0.3) is 0 Å². The Morgan fingerprint density at radius 2 is 1.86 bits per heavy atom. The van der Waals surface area contributed by atoms with Crippen LogP contribution in [0.4, 0.5) is 8.78 Å². The lowest BCUT2D eigenvalue weighted by atomic mass is 9.73. The molecular formula is C29H35F2N3O. The fourth-order valence-electron chi connectivity index (χ4n) is 4.94. The number of nitrogens with one attached hydrogen (secondary N) is 1. The summed E-state index contributed by atoms with van der Waals surface area (Å²) in [5, 5.41) is 14.5. The lowest BCUT2D eigenvalue weighted by molar-refractivity contribution is 0.139. The first kappa shape index (κ1) is 25.4. The molecule has 0 saturated carbocycles. The average molecular weight is 480 g/mol. The van der Waals surface area contributed by atoms with Crippen LogP contribution in [0.2, 0.25) is 0 Å². The van der Waals surface area contributed by atoms with Crippen LogP contribution in [0.1, 0.15) is 67.4 Å². The van der Waals surface area contributed by atoms with E-state index in [1.54, 1.807) is 0 Å². The maximum Gasteiger partial charge on any atom is 0.126 e. The van der Waals surface area contributed by atoms with Crippen LogP contribution >= 0.6 is 0 Å². The normalized spacial score (nSPS) is 18.8. The lowest BCUT2D eigenvalue weighted by Gasteiger charge is -2.40. The van der Waals surface area contributed by atoms with Gasteiger partial charge in [-0.15, -0.1) is 0 Å². The zero-order chi connectivity index (χ0) is 25.2. The first-order valence-corrected chi connectivity index (χ1v) is 12.3. The number of benzene rings is 2. The van der Waals surface area contributed by atoms with Crippen molar-refractivity contribution in [2.24, 2.45) is 0 Å². The number of halogens is 2. The highest BCUT2D eigenvalue weighted by Gasteiger charge is 2.37. The molecule has 2 aromatic carbocycles. The highest BCUT2D eigenvalue weighted by molar-refractivity contribution is 5.37. The Morgan fingerprint density at radius 1 is 1.11 bits per heavy atom. The van der Waals surface area contributed by atoms with E-state index in [9.17, 15) is 13.9 Å². The first-order chi connectivity index (χ1) is 16.5. The predicted molar refractivity (Wildman–Crippen MR) is 134 cm³/mol. The van der Waals surface area contributed by atoms with Crippen molar-refractivity contribution in [3.8, 4) is 0 Å². The van der Waals surface area contributed by atoms with Gasteiger partial charge in [0.05, 0.1) is 6.10 Å². The molecule has 6 heteroatoms. The molecule has 0 saturated heterocycles. The summed E-state index contributed by atoms with van der Waals surface area (Å²) in [6.07, 6.45) is 4.50. The van der Waals surface area contributed by atoms with Crippen molar-refractivity contribution in [3.63, 3.8) is 0 Å². The minimum absolute atomic E-state index is 0.0176. The number of nitrogens with zero attached hydrogens (tertiary/aromatic N) is 2. The zero-order valence-corrected chi connectivity index (χ0v) is 21.0. The second-order valence-corrected chi connectivity index (χ2v) is 10.8. The van der Waals surface area contributed by atoms with Gasteiger partial charge in [0, 0.05) is 30.0 Å². The van der Waals surface area contributed by atoms with E-state index < -0.39 is 17.7 Å². The molecule has 1 heterocycles. The summed E-state index contributed by atoms with van der Waals surface area (Å²) in [7, 11) is 0. The number of rotatable bonds is 7. The van der Waals surface area contributed by atoms with Gasteiger partial charge in [0.1, 0.15) is 17.5 Å². The summed E-state index contributed by atoms with van der Waals surface area (Å²) < 4.78 is 27.0. The van der Waals surface area contributed by atoms with Gasteiger partial charge in [0.2, 0.25) is 0 Å². The van der Waals surface area contributed by atoms with E-state index in [2.05, 4.69) is 60.3 Å². The van der Waals surface area contributed by atoms with Crippen LogP contribution in [0, 0.1) is 18.6 Å². The molecule has 4 rings (SSSR count). The summed E-state index contributed by atoms with van der Waals surface area (Å²) in [5.74, 6) is -0.407. The van der Waals surface area contributed by atoms with Gasteiger partial charge in [-0.1, -0.05) is 45.0 Å². The van der Waals surface area contributed by atoms with Gasteiger partial charge >= 0.3 is 0 Å². The van der Waals surface area contributed by atoms with Crippen molar-refractivity contribution in [2.45, 2.75) is 76.9 Å². The molecule has 186 valence electrons. The third-order valence-electron chi connectivity index (χ3n) is 7.00. The molecule has 0 aliphatic heterocycles. The lowest BCUT2D eigenvalue weighted by Crippen LogP contribution is -2.49. The second-order valence-electron chi connectivity index (χ2n) is 10.8. The topological polar surface area (TPSA) is 58.0 Å². The van der Waals surface area contributed by atoms with Crippen molar-refractivity contribution >= 4 is 0 Å². The molecule has 2 atom stereocenters. The molecule has 0 bridgehead atoms. The summed E-state index contributed by atoms with van der Waals surface area (Å²) >= 11 is 0. The molecule has 1 aromatic heterocycles. The molecule has 0 fully saturated rings. The Morgan fingerprint density at radius 3 is 2.57 bits per heavy atom. The van der Waals surface area contributed by atoms with Crippen molar-refractivity contribution in [1.29, 1.82) is 0 Å². The number of hydrogen-bond acceptors (Lipinski definition) is 4. The zero-order valence-electron chi connectivity index (χ0n) is 21.0. The van der Waals surface area contributed by atoms with Gasteiger partial charge in [-0.3, -0.25) is 0 Å². The third-order valence-corrected chi connectivity index (χ3v) is 7.00. The van der Waals surface area contributed by atoms with E-state index in [4.69, 9.17) is 0 Å². The number of aryl methyl sites for hydroxylation is 3. The Hall–Kier alpha value is -2.70. The van der Waals surface area contributed by atoms with Crippen LogP contribution in [-0.4, -0.2) is 27.7 Å². The molecule has 2 unspecified atom stereocenters. The molecule has 2 N–H and O–H groups in total. The van der Waals surface area contributed by atoms with E-state index in [1.165, 1.54) is 23.3 Å². The van der Waals surface area contributed by atoms with E-state index in [-0.39, 0.29) is 11.0 Å². The Balaban J connectivity index is 1.55. The van der Waals surface area contributed by atoms with Gasteiger partial charge in [-0.05, 0) is 78.8 Å². The summed E-state index contributed by atoms with van der Waals surface area (Å²) in [4.78, 5) is 9.08. The van der Waals surface area contributed by atoms with Gasteiger partial charge < -0.3 is 10.4 Å². The second kappa shape index (κ2) is 10.1. The van der Waals surface area contributed by atoms with Crippen LogP contribution in [-0.2, 0) is 30.2 Å². The van der Waals surface area contributed by atoms with Crippen LogP contribution < -0.4 is 5.32 Å². The first-order valence-electron chi connectivity index (χ1n) is 12.3. The molecule has 1 aliphatic carbocycles. The minimum atomic E-state index is -0.653. The minimum Gasteiger partial charge on any atom is -0.392 e. The number of aliphatic hydroxyl groups is 1. The van der Waals surface area contributed by atoms with Gasteiger partial charge in [0.15, 0.2) is 0 Å². The monoisotopic (exact) mass is 479 g/mol. The van der Waals surface area contributed by atoms with E-state index in [0.717, 1.165) is 42.4 Å². The number of aliphatic hydroxyl groups excluding tert-OH is 1. The fourth-order valence-corrected chi connectivity index (χ4v) is 4.94. The molecule has 3 aromatic rings. The van der Waals surface area contributed by atoms with Crippen molar-refractivity contribution in [1.82, 2.24) is 15.3 Å². The third kappa shape index (κ3) is 6.11. The van der Waals surface area contributed by atoms with E-state index in [1.807, 2.05) is 13.1 Å². The summed E-state index contributed by atoms with van der Waals surface area (Å²) in [6, 6.07) is 12.2. The fraction of sp³-hybridized carbons (Fsp3) is 0.448. The van der Waals surface area contributed by atoms with Crippen molar-refractivity contribution in [3.05, 3.63) is 94.1 Å².